The Kier molecular flexibility index (Phi) is 3.47. The fourth-order valence-corrected chi connectivity index (χ4v) is 2.36. The van der Waals surface area contributed by atoms with Crippen LogP contribution in [0.2, 0.25) is 0 Å². The van der Waals surface area contributed by atoms with Crippen molar-refractivity contribution in [2.75, 3.05) is 0 Å². The van der Waals surface area contributed by atoms with Gasteiger partial charge in [0.05, 0.1) is 23.8 Å². The summed E-state index contributed by atoms with van der Waals surface area (Å²) in [4.78, 5) is 23.5. The zero-order valence-electron chi connectivity index (χ0n) is 11.3. The number of amides is 1. The van der Waals surface area contributed by atoms with E-state index in [1.165, 1.54) is 0 Å². The lowest BCUT2D eigenvalue weighted by molar-refractivity contribution is -0.123. The molecule has 3 heterocycles. The maximum atomic E-state index is 12.2. The van der Waals surface area contributed by atoms with Gasteiger partial charge in [-0.25, -0.2) is 4.98 Å². The summed E-state index contributed by atoms with van der Waals surface area (Å²) in [5, 5.41) is 6.18. The highest BCUT2D eigenvalue weighted by Crippen LogP contribution is 2.12. The molecular weight excluding hydrogens is 254 g/mol. The van der Waals surface area contributed by atoms with Gasteiger partial charge in [-0.1, -0.05) is 0 Å². The van der Waals surface area contributed by atoms with Gasteiger partial charge in [-0.2, -0.15) is 0 Å². The Hall–Kier alpha value is -2.21. The summed E-state index contributed by atoms with van der Waals surface area (Å²) >= 11 is 0. The van der Waals surface area contributed by atoms with Crippen LogP contribution in [0.25, 0.3) is 0 Å². The summed E-state index contributed by atoms with van der Waals surface area (Å²) in [5.41, 5.74) is 4.21. The van der Waals surface area contributed by atoms with E-state index in [1.54, 1.807) is 18.7 Å². The average molecular weight is 271 g/mol. The molecule has 1 aliphatic heterocycles. The molecule has 104 valence electrons. The summed E-state index contributed by atoms with van der Waals surface area (Å²) in [6, 6.07) is 1.71. The maximum Gasteiger partial charge on any atom is 0.237 e. The molecule has 6 nitrogen and oxygen atoms in total. The summed E-state index contributed by atoms with van der Waals surface area (Å²) in [5.74, 6) is 0.00913. The van der Waals surface area contributed by atoms with E-state index in [9.17, 15) is 4.79 Å². The van der Waals surface area contributed by atoms with Crippen molar-refractivity contribution in [1.82, 2.24) is 25.6 Å². The molecule has 1 unspecified atom stereocenters. The Labute approximate surface area is 117 Å². The number of pyridine rings is 1. The lowest BCUT2D eigenvalue weighted by Crippen LogP contribution is -2.47. The predicted octanol–water partition coefficient (Wildman–Crippen LogP) is 0.444. The minimum atomic E-state index is -0.215. The zero-order valence-corrected chi connectivity index (χ0v) is 11.3. The van der Waals surface area contributed by atoms with Crippen molar-refractivity contribution in [1.29, 1.82) is 0 Å². The third-order valence-electron chi connectivity index (χ3n) is 3.64. The van der Waals surface area contributed by atoms with Gasteiger partial charge in [0.25, 0.3) is 0 Å². The summed E-state index contributed by atoms with van der Waals surface area (Å²) in [6.07, 6.45) is 5.84. The van der Waals surface area contributed by atoms with Gasteiger partial charge in [-0.05, 0) is 24.1 Å². The van der Waals surface area contributed by atoms with Gasteiger partial charge < -0.3 is 10.3 Å². The Balaban J connectivity index is 1.59. The number of rotatable bonds is 3. The number of hydrogen-bond acceptors (Lipinski definition) is 4. The first-order valence-corrected chi connectivity index (χ1v) is 6.66. The molecule has 0 saturated heterocycles. The highest BCUT2D eigenvalue weighted by molar-refractivity contribution is 5.82. The molecule has 0 spiro atoms. The first-order valence-electron chi connectivity index (χ1n) is 6.66. The van der Waals surface area contributed by atoms with Crippen molar-refractivity contribution in [3.8, 4) is 0 Å². The lowest BCUT2D eigenvalue weighted by Gasteiger charge is -2.22. The van der Waals surface area contributed by atoms with Crippen LogP contribution in [0.4, 0.5) is 0 Å². The molecule has 0 bridgehead atoms. The van der Waals surface area contributed by atoms with Crippen LogP contribution in [0, 0.1) is 6.92 Å². The summed E-state index contributed by atoms with van der Waals surface area (Å²) in [7, 11) is 0. The van der Waals surface area contributed by atoms with Crippen LogP contribution in [0.3, 0.4) is 0 Å². The first kappa shape index (κ1) is 12.8. The largest absolute Gasteiger partial charge is 0.351 e. The molecule has 1 atom stereocenters. The number of fused-ring (bicyclic) bond motifs is 1. The monoisotopic (exact) mass is 271 g/mol. The van der Waals surface area contributed by atoms with Crippen LogP contribution in [-0.4, -0.2) is 26.9 Å². The number of nitrogens with zero attached hydrogens (tertiary/aromatic N) is 2. The molecular formula is C14H17N5O. The minimum Gasteiger partial charge on any atom is -0.351 e. The van der Waals surface area contributed by atoms with E-state index in [4.69, 9.17) is 0 Å². The molecule has 1 amide bonds. The number of hydrogen-bond donors (Lipinski definition) is 3. The van der Waals surface area contributed by atoms with E-state index in [0.29, 0.717) is 19.5 Å². The number of H-pyrrole nitrogens is 1. The minimum absolute atomic E-state index is 0.00913. The van der Waals surface area contributed by atoms with E-state index in [1.807, 2.05) is 13.0 Å². The first-order chi connectivity index (χ1) is 9.74. The molecule has 6 heteroatoms. The molecule has 2 aromatic heterocycles. The number of aromatic nitrogens is 3. The molecule has 0 aromatic carbocycles. The Morgan fingerprint density at radius 2 is 2.45 bits per heavy atom. The van der Waals surface area contributed by atoms with Crippen LogP contribution >= 0.6 is 0 Å². The van der Waals surface area contributed by atoms with Gasteiger partial charge in [-0.15, -0.1) is 0 Å². The molecule has 1 aliphatic rings. The van der Waals surface area contributed by atoms with Crippen molar-refractivity contribution in [3.63, 3.8) is 0 Å². The Morgan fingerprint density at radius 1 is 1.55 bits per heavy atom. The van der Waals surface area contributed by atoms with Crippen molar-refractivity contribution in [3.05, 3.63) is 47.3 Å². The van der Waals surface area contributed by atoms with Crippen LogP contribution < -0.4 is 10.6 Å². The van der Waals surface area contributed by atoms with E-state index in [0.717, 1.165) is 22.5 Å². The quantitative estimate of drug-likeness (QED) is 0.756. The van der Waals surface area contributed by atoms with E-state index in [2.05, 4.69) is 25.6 Å². The standard InChI is InChI=1S/C14H17N5O/c1-9-5-15-3-2-10(9)6-17-14(20)12-4-11-13(7-16-12)19-8-18-11/h2-3,5,8,12,16H,4,6-7H2,1H3,(H,17,20)(H,18,19). The van der Waals surface area contributed by atoms with E-state index in [-0.39, 0.29) is 11.9 Å². The highest BCUT2D eigenvalue weighted by Gasteiger charge is 2.25. The van der Waals surface area contributed by atoms with Gasteiger partial charge in [-0.3, -0.25) is 15.1 Å². The SMILES string of the molecule is Cc1cnccc1CNC(=O)C1Cc2nc[nH]c2CN1. The average Bonchev–Trinajstić information content (AvgIpc) is 2.93. The topological polar surface area (TPSA) is 82.7 Å². The van der Waals surface area contributed by atoms with Gasteiger partial charge >= 0.3 is 0 Å². The van der Waals surface area contributed by atoms with Crippen LogP contribution in [-0.2, 0) is 24.3 Å². The predicted molar refractivity (Wildman–Crippen MR) is 73.7 cm³/mol. The molecule has 0 fully saturated rings. The molecule has 3 N–H and O–H groups in total. The second-order valence-corrected chi connectivity index (χ2v) is 4.99. The maximum absolute atomic E-state index is 12.2. The molecule has 0 radical (unpaired) electrons. The van der Waals surface area contributed by atoms with E-state index >= 15 is 0 Å². The Morgan fingerprint density at radius 3 is 3.30 bits per heavy atom. The van der Waals surface area contributed by atoms with Crippen molar-refractivity contribution < 1.29 is 4.79 Å². The smallest absolute Gasteiger partial charge is 0.237 e. The van der Waals surface area contributed by atoms with Crippen LogP contribution in [0.15, 0.2) is 24.8 Å². The third-order valence-corrected chi connectivity index (χ3v) is 3.64. The molecule has 20 heavy (non-hydrogen) atoms. The number of imidazole rings is 1. The summed E-state index contributed by atoms with van der Waals surface area (Å²) in [6.45, 7) is 3.17. The number of carbonyl (C=O) groups excluding carboxylic acids is 1. The number of aromatic amines is 1. The van der Waals surface area contributed by atoms with Gasteiger partial charge in [0.15, 0.2) is 0 Å². The van der Waals surface area contributed by atoms with Crippen LogP contribution in [0.1, 0.15) is 22.5 Å². The fourth-order valence-electron chi connectivity index (χ4n) is 2.36. The van der Waals surface area contributed by atoms with Gasteiger partial charge in [0.1, 0.15) is 0 Å². The zero-order chi connectivity index (χ0) is 13.9. The lowest BCUT2D eigenvalue weighted by atomic mass is 10.0. The van der Waals surface area contributed by atoms with Crippen molar-refractivity contribution in [2.45, 2.75) is 32.5 Å². The number of carbonyl (C=O) groups is 1. The van der Waals surface area contributed by atoms with Crippen molar-refractivity contribution >= 4 is 5.91 Å². The molecule has 0 saturated carbocycles. The normalized spacial score (nSPS) is 17.6. The third kappa shape index (κ3) is 2.55. The summed E-state index contributed by atoms with van der Waals surface area (Å²) < 4.78 is 0. The second-order valence-electron chi connectivity index (χ2n) is 4.99. The van der Waals surface area contributed by atoms with E-state index < -0.39 is 0 Å². The van der Waals surface area contributed by atoms with Crippen molar-refractivity contribution in [2.24, 2.45) is 0 Å². The molecule has 0 aliphatic carbocycles. The number of nitrogens with one attached hydrogen (secondary N) is 3. The van der Waals surface area contributed by atoms with Gasteiger partial charge in [0.2, 0.25) is 5.91 Å². The van der Waals surface area contributed by atoms with Crippen LogP contribution in [0.5, 0.6) is 0 Å². The van der Waals surface area contributed by atoms with Gasteiger partial charge in [0, 0.05) is 31.9 Å². The second kappa shape index (κ2) is 5.42. The number of aryl methyl sites for hydroxylation is 1. The fraction of sp³-hybridized carbons (Fsp3) is 0.357. The molecule has 2 aromatic rings. The highest BCUT2D eigenvalue weighted by atomic mass is 16.2. The molecule has 3 rings (SSSR count). The Bertz CT molecular complexity index is 622.